The van der Waals surface area contributed by atoms with Gasteiger partial charge in [0.1, 0.15) is 0 Å². The normalized spacial score (nSPS) is 20.3. The van der Waals surface area contributed by atoms with Crippen LogP contribution in [0, 0.1) is 0 Å². The molecule has 0 radical (unpaired) electrons. The molecule has 19 heavy (non-hydrogen) atoms. The second kappa shape index (κ2) is 6.00. The van der Waals surface area contributed by atoms with Gasteiger partial charge in [0.15, 0.2) is 5.03 Å². The fourth-order valence-corrected chi connectivity index (χ4v) is 3.26. The molecule has 1 atom stereocenters. The Morgan fingerprint density at radius 1 is 1.58 bits per heavy atom. The highest BCUT2D eigenvalue weighted by Crippen LogP contribution is 2.14. The molecule has 1 aliphatic heterocycles. The van der Waals surface area contributed by atoms with Gasteiger partial charge >= 0.3 is 0 Å². The van der Waals surface area contributed by atoms with E-state index in [1.807, 2.05) is 13.8 Å². The number of rotatable bonds is 6. The Morgan fingerprint density at radius 3 is 3.00 bits per heavy atom. The molecule has 2 rings (SSSR count). The molecule has 1 unspecified atom stereocenters. The highest BCUT2D eigenvalue weighted by molar-refractivity contribution is 7.89. The number of nitrogens with zero attached hydrogens (tertiary/aromatic N) is 1. The number of aromatic nitrogens is 2. The molecule has 0 aromatic carbocycles. The molecule has 1 fully saturated rings. The standard InChI is InChI=1S/C11H20N4O3S/c1-8(2)12-5-9-6-13-14-11(9)19(16,17)15-10-3-4-18-7-10/h6,8,10,12,15H,3-5,7H2,1-2H3,(H,13,14). The van der Waals surface area contributed by atoms with E-state index in [1.165, 1.54) is 6.20 Å². The van der Waals surface area contributed by atoms with Gasteiger partial charge in [0.2, 0.25) is 0 Å². The average Bonchev–Trinajstić information content (AvgIpc) is 2.95. The van der Waals surface area contributed by atoms with Crippen molar-refractivity contribution < 1.29 is 13.2 Å². The number of nitrogens with one attached hydrogen (secondary N) is 3. The van der Waals surface area contributed by atoms with Gasteiger partial charge in [-0.1, -0.05) is 13.8 Å². The summed E-state index contributed by atoms with van der Waals surface area (Å²) in [6.07, 6.45) is 2.24. The summed E-state index contributed by atoms with van der Waals surface area (Å²) in [5.41, 5.74) is 0.639. The van der Waals surface area contributed by atoms with Gasteiger partial charge in [-0.25, -0.2) is 13.1 Å². The molecule has 3 N–H and O–H groups in total. The van der Waals surface area contributed by atoms with Crippen LogP contribution >= 0.6 is 0 Å². The molecule has 1 aromatic rings. The molecule has 0 bridgehead atoms. The summed E-state index contributed by atoms with van der Waals surface area (Å²) in [7, 11) is -3.57. The Bertz CT molecular complexity index is 506. The van der Waals surface area contributed by atoms with Crippen molar-refractivity contribution in [2.24, 2.45) is 0 Å². The zero-order valence-electron chi connectivity index (χ0n) is 11.1. The third-order valence-electron chi connectivity index (χ3n) is 2.90. The topological polar surface area (TPSA) is 96.1 Å². The molecule has 1 aliphatic rings. The van der Waals surface area contributed by atoms with Gasteiger partial charge < -0.3 is 10.1 Å². The molecule has 7 nitrogen and oxygen atoms in total. The van der Waals surface area contributed by atoms with Crippen LogP contribution in [0.5, 0.6) is 0 Å². The lowest BCUT2D eigenvalue weighted by Gasteiger charge is -2.12. The highest BCUT2D eigenvalue weighted by atomic mass is 32.2. The van der Waals surface area contributed by atoms with Crippen LogP contribution in [0.3, 0.4) is 0 Å². The van der Waals surface area contributed by atoms with Crippen LogP contribution in [0.25, 0.3) is 0 Å². The molecule has 0 aliphatic carbocycles. The number of hydrogen-bond acceptors (Lipinski definition) is 5. The molecular weight excluding hydrogens is 268 g/mol. The summed E-state index contributed by atoms with van der Waals surface area (Å²) in [5, 5.41) is 9.70. The third kappa shape index (κ3) is 3.75. The van der Waals surface area contributed by atoms with E-state index in [1.54, 1.807) is 0 Å². The number of hydrogen-bond donors (Lipinski definition) is 3. The van der Waals surface area contributed by atoms with E-state index in [9.17, 15) is 8.42 Å². The maximum atomic E-state index is 12.2. The van der Waals surface area contributed by atoms with Crippen LogP contribution in [0.2, 0.25) is 0 Å². The molecular formula is C11H20N4O3S. The highest BCUT2D eigenvalue weighted by Gasteiger charge is 2.26. The van der Waals surface area contributed by atoms with Crippen molar-refractivity contribution in [1.82, 2.24) is 20.2 Å². The molecule has 2 heterocycles. The second-order valence-corrected chi connectivity index (χ2v) is 6.59. The van der Waals surface area contributed by atoms with Crippen LogP contribution in [0.4, 0.5) is 0 Å². The third-order valence-corrected chi connectivity index (χ3v) is 4.43. The van der Waals surface area contributed by atoms with Gasteiger partial charge in [-0.2, -0.15) is 5.10 Å². The minimum atomic E-state index is -3.57. The maximum Gasteiger partial charge on any atom is 0.258 e. The Kier molecular flexibility index (Phi) is 4.56. The van der Waals surface area contributed by atoms with Crippen LogP contribution in [-0.2, 0) is 21.3 Å². The van der Waals surface area contributed by atoms with Gasteiger partial charge in [0.25, 0.3) is 10.0 Å². The number of sulfonamides is 1. The first-order valence-electron chi connectivity index (χ1n) is 6.35. The van der Waals surface area contributed by atoms with E-state index in [2.05, 4.69) is 20.2 Å². The lowest BCUT2D eigenvalue weighted by Crippen LogP contribution is -2.36. The minimum absolute atomic E-state index is 0.132. The molecule has 0 saturated carbocycles. The zero-order valence-corrected chi connectivity index (χ0v) is 12.0. The van der Waals surface area contributed by atoms with Crippen molar-refractivity contribution in [3.63, 3.8) is 0 Å². The fraction of sp³-hybridized carbons (Fsp3) is 0.727. The predicted octanol–water partition coefficient (Wildman–Crippen LogP) is -0.0251. The molecule has 0 spiro atoms. The van der Waals surface area contributed by atoms with Crippen molar-refractivity contribution in [1.29, 1.82) is 0 Å². The predicted molar refractivity (Wildman–Crippen MR) is 70.1 cm³/mol. The molecule has 1 aromatic heterocycles. The van der Waals surface area contributed by atoms with Crippen LogP contribution in [0.15, 0.2) is 11.2 Å². The molecule has 8 heteroatoms. The molecule has 1 saturated heterocycles. The average molecular weight is 288 g/mol. The van der Waals surface area contributed by atoms with E-state index in [4.69, 9.17) is 4.74 Å². The maximum absolute atomic E-state index is 12.2. The lowest BCUT2D eigenvalue weighted by molar-refractivity contribution is 0.192. The Morgan fingerprint density at radius 2 is 2.37 bits per heavy atom. The fourth-order valence-electron chi connectivity index (χ4n) is 1.88. The first kappa shape index (κ1) is 14.4. The van der Waals surface area contributed by atoms with E-state index >= 15 is 0 Å². The summed E-state index contributed by atoms with van der Waals surface area (Å²) < 4.78 is 32.3. The van der Waals surface area contributed by atoms with Crippen LogP contribution in [-0.4, -0.2) is 43.9 Å². The SMILES string of the molecule is CC(C)NCc1cn[nH]c1S(=O)(=O)NC1CCOC1. The van der Waals surface area contributed by atoms with Crippen LogP contribution < -0.4 is 10.0 Å². The van der Waals surface area contributed by atoms with Gasteiger partial charge in [0, 0.05) is 30.8 Å². The number of H-pyrrole nitrogens is 1. The number of aromatic amines is 1. The van der Waals surface area contributed by atoms with Gasteiger partial charge in [-0.15, -0.1) is 0 Å². The Hall–Kier alpha value is -0.960. The van der Waals surface area contributed by atoms with Crippen molar-refractivity contribution >= 4 is 10.0 Å². The largest absolute Gasteiger partial charge is 0.380 e. The Labute approximate surface area is 113 Å². The first-order chi connectivity index (χ1) is 8.99. The lowest BCUT2D eigenvalue weighted by atomic mass is 10.3. The van der Waals surface area contributed by atoms with Gasteiger partial charge in [0.05, 0.1) is 12.8 Å². The van der Waals surface area contributed by atoms with Crippen molar-refractivity contribution in [3.8, 4) is 0 Å². The molecule has 0 amide bonds. The summed E-state index contributed by atoms with van der Waals surface area (Å²) in [6, 6.07) is 0.126. The van der Waals surface area contributed by atoms with E-state index in [0.29, 0.717) is 31.7 Å². The minimum Gasteiger partial charge on any atom is -0.380 e. The van der Waals surface area contributed by atoms with E-state index in [-0.39, 0.29) is 17.1 Å². The first-order valence-corrected chi connectivity index (χ1v) is 7.83. The summed E-state index contributed by atoms with van der Waals surface area (Å²) >= 11 is 0. The molecule has 108 valence electrons. The smallest absolute Gasteiger partial charge is 0.258 e. The van der Waals surface area contributed by atoms with Gasteiger partial charge in [-0.05, 0) is 6.42 Å². The van der Waals surface area contributed by atoms with Crippen molar-refractivity contribution in [2.45, 2.75) is 43.9 Å². The van der Waals surface area contributed by atoms with Crippen LogP contribution in [0.1, 0.15) is 25.8 Å². The van der Waals surface area contributed by atoms with E-state index in [0.717, 1.165) is 0 Å². The number of ether oxygens (including phenoxy) is 1. The van der Waals surface area contributed by atoms with Gasteiger partial charge in [-0.3, -0.25) is 5.10 Å². The second-order valence-electron chi connectivity index (χ2n) is 4.94. The van der Waals surface area contributed by atoms with E-state index < -0.39 is 10.0 Å². The summed E-state index contributed by atoms with van der Waals surface area (Å²) in [5.74, 6) is 0. The van der Waals surface area contributed by atoms with Crippen molar-refractivity contribution in [2.75, 3.05) is 13.2 Å². The Balaban J connectivity index is 2.09. The zero-order chi connectivity index (χ0) is 13.9. The monoisotopic (exact) mass is 288 g/mol. The van der Waals surface area contributed by atoms with Crippen molar-refractivity contribution in [3.05, 3.63) is 11.8 Å². The quantitative estimate of drug-likeness (QED) is 0.683. The summed E-state index contributed by atoms with van der Waals surface area (Å²) in [6.45, 7) is 5.49. The summed E-state index contributed by atoms with van der Waals surface area (Å²) in [4.78, 5) is 0.